The Bertz CT molecular complexity index is 494. The highest BCUT2D eigenvalue weighted by atomic mass is 79.9. The Morgan fingerprint density at radius 3 is 2.91 bits per heavy atom. The van der Waals surface area contributed by atoms with Crippen molar-refractivity contribution in [3.05, 3.63) is 22.7 Å². The van der Waals surface area contributed by atoms with Crippen molar-refractivity contribution < 1.29 is 9.53 Å². The lowest BCUT2D eigenvalue weighted by Gasteiger charge is -2.44. The Labute approximate surface area is 142 Å². The first-order valence-corrected chi connectivity index (χ1v) is 9.55. The summed E-state index contributed by atoms with van der Waals surface area (Å²) in [6.07, 6.45) is 8.32. The number of cyclic esters (lactones) is 1. The first-order chi connectivity index (χ1) is 10.5. The number of allylic oxidation sites excluding steroid dienone is 1. The maximum Gasteiger partial charge on any atom is 0.333 e. The molecule has 2 saturated carbocycles. The van der Waals surface area contributed by atoms with E-state index in [0.29, 0.717) is 16.9 Å². The van der Waals surface area contributed by atoms with E-state index < -0.39 is 0 Å². The second kappa shape index (κ2) is 6.14. The summed E-state index contributed by atoms with van der Waals surface area (Å²) in [5.41, 5.74) is 2.69. The summed E-state index contributed by atoms with van der Waals surface area (Å²) < 4.78 is 5.46. The minimum absolute atomic E-state index is 0.0624. The molecule has 3 fully saturated rings. The second-order valence-electron chi connectivity index (χ2n) is 7.83. The Kier molecular flexibility index (Phi) is 4.55. The van der Waals surface area contributed by atoms with Crippen LogP contribution < -0.4 is 0 Å². The molecule has 0 radical (unpaired) electrons. The lowest BCUT2D eigenvalue weighted by atomic mass is 9.61. The van der Waals surface area contributed by atoms with E-state index in [1.807, 2.05) is 0 Å². The monoisotopic (exact) mass is 366 g/mol. The number of hydrogen-bond donors (Lipinski definition) is 0. The van der Waals surface area contributed by atoms with E-state index in [-0.39, 0.29) is 12.1 Å². The smallest absolute Gasteiger partial charge is 0.333 e. The molecule has 3 rings (SSSR count). The van der Waals surface area contributed by atoms with Gasteiger partial charge in [0, 0.05) is 12.0 Å². The fourth-order valence-electron chi connectivity index (χ4n) is 5.49. The van der Waals surface area contributed by atoms with E-state index in [2.05, 4.69) is 41.3 Å². The summed E-state index contributed by atoms with van der Waals surface area (Å²) >= 11 is 3.58. The van der Waals surface area contributed by atoms with Crippen LogP contribution in [-0.2, 0) is 9.53 Å². The summed E-state index contributed by atoms with van der Waals surface area (Å²) in [6, 6.07) is 0. The average Bonchev–Trinajstić information content (AvgIpc) is 2.98. The molecule has 0 N–H and O–H groups in total. The topological polar surface area (TPSA) is 26.3 Å². The summed E-state index contributed by atoms with van der Waals surface area (Å²) in [5, 5.41) is 0. The molecule has 0 aromatic rings. The van der Waals surface area contributed by atoms with Crippen molar-refractivity contribution in [2.45, 2.75) is 64.9 Å². The zero-order valence-electron chi connectivity index (χ0n) is 13.7. The van der Waals surface area contributed by atoms with Gasteiger partial charge in [0.15, 0.2) is 0 Å². The number of rotatable bonds is 3. The van der Waals surface area contributed by atoms with Crippen LogP contribution in [-0.4, -0.2) is 12.1 Å². The first-order valence-electron chi connectivity index (χ1n) is 8.63. The first kappa shape index (κ1) is 16.3. The van der Waals surface area contributed by atoms with Crippen molar-refractivity contribution in [2.75, 3.05) is 0 Å². The number of esters is 1. The van der Waals surface area contributed by atoms with Gasteiger partial charge in [0.25, 0.3) is 0 Å². The minimum atomic E-state index is -0.185. The predicted octanol–water partition coefficient (Wildman–Crippen LogP) is 5.38. The van der Waals surface area contributed by atoms with E-state index in [1.54, 1.807) is 5.57 Å². The van der Waals surface area contributed by atoms with Crippen molar-refractivity contribution in [1.29, 1.82) is 0 Å². The quantitative estimate of drug-likeness (QED) is 0.495. The third-order valence-corrected chi connectivity index (χ3v) is 7.12. The molecule has 2 nitrogen and oxygen atoms in total. The molecule has 0 unspecified atom stereocenters. The molecule has 22 heavy (non-hydrogen) atoms. The van der Waals surface area contributed by atoms with Gasteiger partial charge in [-0.25, -0.2) is 4.79 Å². The molecule has 1 heterocycles. The molecule has 1 saturated heterocycles. The van der Waals surface area contributed by atoms with E-state index in [0.717, 1.165) is 24.7 Å². The van der Waals surface area contributed by atoms with Crippen molar-refractivity contribution in [1.82, 2.24) is 0 Å². The largest absolute Gasteiger partial charge is 0.459 e. The van der Waals surface area contributed by atoms with Gasteiger partial charge in [0.05, 0.1) is 0 Å². The number of fused-ring (bicyclic) bond motifs is 1. The molecule has 0 aromatic carbocycles. The SMILES string of the molecule is C=C1C[C@@H](C[C@@H](C)[C@H]2CC[C@H]3C(=CBr)CCC[C@]23C)OC1=O. The zero-order chi connectivity index (χ0) is 15.9. The molecule has 3 heteroatoms. The number of halogens is 1. The predicted molar refractivity (Wildman–Crippen MR) is 92.6 cm³/mol. The molecule has 2 aliphatic carbocycles. The van der Waals surface area contributed by atoms with Crippen LogP contribution in [0.2, 0.25) is 0 Å². The number of carbonyl (C=O) groups is 1. The number of hydrogen-bond acceptors (Lipinski definition) is 2. The van der Waals surface area contributed by atoms with Gasteiger partial charge in [0.2, 0.25) is 0 Å². The van der Waals surface area contributed by atoms with Crippen molar-refractivity contribution in [3.8, 4) is 0 Å². The van der Waals surface area contributed by atoms with Gasteiger partial charge >= 0.3 is 5.97 Å². The summed E-state index contributed by atoms with van der Waals surface area (Å²) in [4.78, 5) is 13.7. The van der Waals surface area contributed by atoms with Crippen LogP contribution in [0.15, 0.2) is 22.7 Å². The van der Waals surface area contributed by atoms with E-state index in [9.17, 15) is 4.79 Å². The van der Waals surface area contributed by atoms with Gasteiger partial charge in [0.1, 0.15) is 6.10 Å². The van der Waals surface area contributed by atoms with Gasteiger partial charge in [-0.1, -0.05) is 41.9 Å². The molecule has 122 valence electrons. The fraction of sp³-hybridized carbons (Fsp3) is 0.737. The van der Waals surface area contributed by atoms with Crippen LogP contribution in [0.4, 0.5) is 0 Å². The van der Waals surface area contributed by atoms with E-state index >= 15 is 0 Å². The zero-order valence-corrected chi connectivity index (χ0v) is 15.3. The minimum Gasteiger partial charge on any atom is -0.459 e. The highest BCUT2D eigenvalue weighted by molar-refractivity contribution is 9.11. The number of ether oxygens (including phenoxy) is 1. The van der Waals surface area contributed by atoms with Crippen molar-refractivity contribution in [3.63, 3.8) is 0 Å². The third-order valence-electron chi connectivity index (χ3n) is 6.54. The molecule has 0 amide bonds. The Morgan fingerprint density at radius 2 is 2.27 bits per heavy atom. The molecule has 0 aromatic heterocycles. The maximum atomic E-state index is 11.5. The van der Waals surface area contributed by atoms with Crippen LogP contribution in [0, 0.1) is 23.2 Å². The van der Waals surface area contributed by atoms with Crippen molar-refractivity contribution >= 4 is 21.9 Å². The summed E-state index contributed by atoms with van der Waals surface area (Å²) in [5.74, 6) is 1.91. The molecule has 5 atom stereocenters. The Morgan fingerprint density at radius 1 is 1.50 bits per heavy atom. The highest BCUT2D eigenvalue weighted by Gasteiger charge is 2.51. The molecule has 3 aliphatic rings. The standard InChI is InChI=1S/C19H27BrO2/c1-12(9-15-10-13(2)18(21)22-15)16-6-7-17-14(11-20)5-4-8-19(16,17)3/h11-12,15-17H,2,4-10H2,1,3H3/t12-,15-,16-,17+,19-/m1/s1. The molecule has 0 bridgehead atoms. The Balaban J connectivity index is 1.69. The van der Waals surface area contributed by atoms with E-state index in [1.165, 1.54) is 32.1 Å². The highest BCUT2D eigenvalue weighted by Crippen LogP contribution is 2.60. The van der Waals surface area contributed by atoms with E-state index in [4.69, 9.17) is 4.74 Å². The summed E-state index contributed by atoms with van der Waals surface area (Å²) in [7, 11) is 0. The van der Waals surface area contributed by atoms with Gasteiger partial charge in [-0.2, -0.15) is 0 Å². The Hall–Kier alpha value is -0.570. The van der Waals surface area contributed by atoms with Crippen LogP contribution in [0.3, 0.4) is 0 Å². The lowest BCUT2D eigenvalue weighted by Crippen LogP contribution is -2.36. The fourth-order valence-corrected chi connectivity index (χ4v) is 6.04. The van der Waals surface area contributed by atoms with Crippen LogP contribution >= 0.6 is 15.9 Å². The molecule has 0 spiro atoms. The van der Waals surface area contributed by atoms with Gasteiger partial charge < -0.3 is 4.74 Å². The lowest BCUT2D eigenvalue weighted by molar-refractivity contribution is -0.139. The van der Waals surface area contributed by atoms with Gasteiger partial charge in [-0.05, 0) is 66.7 Å². The number of carbonyl (C=O) groups excluding carboxylic acids is 1. The maximum absolute atomic E-state index is 11.5. The van der Waals surface area contributed by atoms with Gasteiger partial charge in [-0.15, -0.1) is 0 Å². The average molecular weight is 367 g/mol. The molecular formula is C19H27BrO2. The van der Waals surface area contributed by atoms with Crippen molar-refractivity contribution in [2.24, 2.45) is 23.2 Å². The normalized spacial score (nSPS) is 41.6. The summed E-state index contributed by atoms with van der Waals surface area (Å²) in [6.45, 7) is 8.66. The van der Waals surface area contributed by atoms with Crippen LogP contribution in [0.1, 0.15) is 58.8 Å². The van der Waals surface area contributed by atoms with Gasteiger partial charge in [-0.3, -0.25) is 0 Å². The van der Waals surface area contributed by atoms with Crippen LogP contribution in [0.25, 0.3) is 0 Å². The molecular weight excluding hydrogens is 340 g/mol. The third kappa shape index (κ3) is 2.70. The second-order valence-corrected chi connectivity index (χ2v) is 8.29. The van der Waals surface area contributed by atoms with Crippen LogP contribution in [0.5, 0.6) is 0 Å². The molecule has 1 aliphatic heterocycles.